The normalized spacial score (nSPS) is 44.0. The highest BCUT2D eigenvalue weighted by atomic mass is 15.2. The lowest BCUT2D eigenvalue weighted by atomic mass is 9.75. The minimum Gasteiger partial charge on any atom is -0.316 e. The summed E-state index contributed by atoms with van der Waals surface area (Å²) in [6, 6.07) is 0.783. The molecule has 0 amide bonds. The topological polar surface area (TPSA) is 15.3 Å². The van der Waals surface area contributed by atoms with E-state index in [2.05, 4.69) is 24.2 Å². The molecule has 2 unspecified atom stereocenters. The van der Waals surface area contributed by atoms with Gasteiger partial charge in [-0.3, -0.25) is 0 Å². The number of piperidine rings is 1. The van der Waals surface area contributed by atoms with Gasteiger partial charge in [0.05, 0.1) is 0 Å². The van der Waals surface area contributed by atoms with Crippen LogP contribution in [0, 0.1) is 5.41 Å². The molecule has 0 aromatic heterocycles. The number of likely N-dealkylation sites (tertiary alicyclic amines) is 1. The van der Waals surface area contributed by atoms with Crippen molar-refractivity contribution in [1.29, 1.82) is 0 Å². The first kappa shape index (κ1) is 8.52. The monoisotopic (exact) mass is 168 g/mol. The molecule has 0 radical (unpaired) electrons. The van der Waals surface area contributed by atoms with Crippen LogP contribution in [0.1, 0.15) is 26.2 Å². The van der Waals surface area contributed by atoms with E-state index in [1.165, 1.54) is 38.9 Å². The Balaban J connectivity index is 2.09. The largest absolute Gasteiger partial charge is 0.316 e. The van der Waals surface area contributed by atoms with Crippen LogP contribution in [-0.4, -0.2) is 37.6 Å². The lowest BCUT2D eigenvalue weighted by molar-refractivity contribution is 0.148. The van der Waals surface area contributed by atoms with Crippen LogP contribution in [-0.2, 0) is 0 Å². The average molecular weight is 168 g/mol. The number of rotatable bonds is 0. The Hall–Kier alpha value is -0.0800. The van der Waals surface area contributed by atoms with Crippen molar-refractivity contribution in [2.45, 2.75) is 32.2 Å². The third-order valence-corrected chi connectivity index (χ3v) is 4.02. The van der Waals surface area contributed by atoms with Gasteiger partial charge in [0.2, 0.25) is 0 Å². The minimum atomic E-state index is 0.618. The summed E-state index contributed by atoms with van der Waals surface area (Å²) in [5.74, 6) is 0. The fourth-order valence-electron chi connectivity index (χ4n) is 2.83. The third kappa shape index (κ3) is 1.17. The molecule has 0 saturated carbocycles. The second-order valence-corrected chi connectivity index (χ2v) is 4.55. The number of hydrogen-bond donors (Lipinski definition) is 1. The molecule has 0 aromatic carbocycles. The van der Waals surface area contributed by atoms with E-state index in [-0.39, 0.29) is 0 Å². The van der Waals surface area contributed by atoms with E-state index in [9.17, 15) is 0 Å². The van der Waals surface area contributed by atoms with Gasteiger partial charge in [0.1, 0.15) is 0 Å². The Morgan fingerprint density at radius 3 is 2.75 bits per heavy atom. The van der Waals surface area contributed by atoms with Crippen molar-refractivity contribution >= 4 is 0 Å². The fourth-order valence-corrected chi connectivity index (χ4v) is 2.83. The maximum atomic E-state index is 3.54. The van der Waals surface area contributed by atoms with Gasteiger partial charge in [-0.25, -0.2) is 0 Å². The van der Waals surface area contributed by atoms with Crippen molar-refractivity contribution in [3.8, 4) is 0 Å². The second kappa shape index (κ2) is 3.00. The molecule has 0 aliphatic carbocycles. The number of hydrogen-bond acceptors (Lipinski definition) is 2. The second-order valence-electron chi connectivity index (χ2n) is 4.55. The van der Waals surface area contributed by atoms with Gasteiger partial charge in [0.25, 0.3) is 0 Å². The van der Waals surface area contributed by atoms with E-state index in [1.807, 2.05) is 0 Å². The maximum Gasteiger partial charge on any atom is 0.0133 e. The molecular weight excluding hydrogens is 148 g/mol. The van der Waals surface area contributed by atoms with E-state index < -0.39 is 0 Å². The van der Waals surface area contributed by atoms with Crippen molar-refractivity contribution in [1.82, 2.24) is 10.2 Å². The van der Waals surface area contributed by atoms with Crippen LogP contribution < -0.4 is 5.32 Å². The van der Waals surface area contributed by atoms with Crippen molar-refractivity contribution in [2.75, 3.05) is 26.7 Å². The molecule has 2 rings (SSSR count). The molecule has 2 fully saturated rings. The van der Waals surface area contributed by atoms with Crippen LogP contribution in [0.3, 0.4) is 0 Å². The van der Waals surface area contributed by atoms with Gasteiger partial charge in [-0.15, -0.1) is 0 Å². The van der Waals surface area contributed by atoms with Gasteiger partial charge in [0, 0.05) is 12.6 Å². The van der Waals surface area contributed by atoms with Crippen LogP contribution >= 0.6 is 0 Å². The molecule has 2 atom stereocenters. The van der Waals surface area contributed by atoms with E-state index in [1.54, 1.807) is 0 Å². The molecule has 1 N–H and O–H groups in total. The van der Waals surface area contributed by atoms with Gasteiger partial charge in [-0.1, -0.05) is 0 Å². The van der Waals surface area contributed by atoms with Gasteiger partial charge in [-0.2, -0.15) is 0 Å². The minimum absolute atomic E-state index is 0.618. The van der Waals surface area contributed by atoms with Crippen molar-refractivity contribution in [3.05, 3.63) is 0 Å². The first-order valence-corrected chi connectivity index (χ1v) is 5.16. The summed E-state index contributed by atoms with van der Waals surface area (Å²) in [6.07, 6.45) is 4.21. The molecule has 70 valence electrons. The summed E-state index contributed by atoms with van der Waals surface area (Å²) >= 11 is 0. The lowest BCUT2D eigenvalue weighted by Crippen LogP contribution is -2.46. The number of nitrogens with zero attached hydrogens (tertiary/aromatic N) is 1. The molecule has 2 heterocycles. The van der Waals surface area contributed by atoms with E-state index in [0.29, 0.717) is 5.41 Å². The molecule has 0 bridgehead atoms. The van der Waals surface area contributed by atoms with Gasteiger partial charge >= 0.3 is 0 Å². The van der Waals surface area contributed by atoms with Crippen LogP contribution in [0.25, 0.3) is 0 Å². The first-order chi connectivity index (χ1) is 5.75. The quantitative estimate of drug-likeness (QED) is 0.582. The highest BCUT2D eigenvalue weighted by molar-refractivity contribution is 4.98. The summed E-state index contributed by atoms with van der Waals surface area (Å²) in [5, 5.41) is 3.54. The van der Waals surface area contributed by atoms with Crippen LogP contribution in [0.4, 0.5) is 0 Å². The molecule has 2 nitrogen and oxygen atoms in total. The summed E-state index contributed by atoms with van der Waals surface area (Å²) in [5.41, 5.74) is 0.618. The molecule has 0 aromatic rings. The average Bonchev–Trinajstić information content (AvgIpc) is 2.37. The standard InChI is InChI=1S/C10H20N2/c1-9-10(5-7-12(9)2)4-3-6-11-8-10/h9,11H,3-8H2,1-2H3. The Morgan fingerprint density at radius 1 is 1.42 bits per heavy atom. The number of nitrogens with one attached hydrogen (secondary N) is 1. The zero-order valence-electron chi connectivity index (χ0n) is 8.27. The molecule has 2 heteroatoms. The predicted molar refractivity (Wildman–Crippen MR) is 51.2 cm³/mol. The van der Waals surface area contributed by atoms with Crippen molar-refractivity contribution < 1.29 is 0 Å². The Kier molecular flexibility index (Phi) is 2.13. The summed E-state index contributed by atoms with van der Waals surface area (Å²) in [6.45, 7) is 6.17. The van der Waals surface area contributed by atoms with E-state index >= 15 is 0 Å². The van der Waals surface area contributed by atoms with Gasteiger partial charge < -0.3 is 10.2 Å². The van der Waals surface area contributed by atoms with Crippen LogP contribution in [0.2, 0.25) is 0 Å². The molecule has 1 spiro atoms. The predicted octanol–water partition coefficient (Wildman–Crippen LogP) is 1.08. The summed E-state index contributed by atoms with van der Waals surface area (Å²) < 4.78 is 0. The summed E-state index contributed by atoms with van der Waals surface area (Å²) in [4.78, 5) is 2.51. The highest BCUT2D eigenvalue weighted by Crippen LogP contribution is 2.40. The Bertz CT molecular complexity index is 156. The summed E-state index contributed by atoms with van der Waals surface area (Å²) in [7, 11) is 2.26. The molecule has 12 heavy (non-hydrogen) atoms. The van der Waals surface area contributed by atoms with Crippen LogP contribution in [0.5, 0.6) is 0 Å². The highest BCUT2D eigenvalue weighted by Gasteiger charge is 2.43. The molecular formula is C10H20N2. The maximum absolute atomic E-state index is 3.54. The molecule has 2 aliphatic heterocycles. The Morgan fingerprint density at radius 2 is 2.25 bits per heavy atom. The van der Waals surface area contributed by atoms with E-state index in [4.69, 9.17) is 0 Å². The van der Waals surface area contributed by atoms with Gasteiger partial charge in [0.15, 0.2) is 0 Å². The van der Waals surface area contributed by atoms with E-state index in [0.717, 1.165) is 6.04 Å². The van der Waals surface area contributed by atoms with Gasteiger partial charge in [-0.05, 0) is 51.7 Å². The third-order valence-electron chi connectivity index (χ3n) is 4.02. The Labute approximate surface area is 75.3 Å². The molecule has 2 aliphatic rings. The van der Waals surface area contributed by atoms with Crippen molar-refractivity contribution in [2.24, 2.45) is 5.41 Å². The smallest absolute Gasteiger partial charge is 0.0133 e. The van der Waals surface area contributed by atoms with Crippen molar-refractivity contribution in [3.63, 3.8) is 0 Å². The zero-order valence-corrected chi connectivity index (χ0v) is 8.27. The zero-order chi connectivity index (χ0) is 8.60. The molecule has 2 saturated heterocycles. The first-order valence-electron chi connectivity index (χ1n) is 5.16. The lowest BCUT2D eigenvalue weighted by Gasteiger charge is -2.38. The van der Waals surface area contributed by atoms with Crippen LogP contribution in [0.15, 0.2) is 0 Å². The SMILES string of the molecule is CC1N(C)CCC12CCCNC2. The fraction of sp³-hybridized carbons (Fsp3) is 1.00.